The number of carbonyl (C=O) groups is 12. The lowest BCUT2D eigenvalue weighted by atomic mass is 9.99. The Hall–Kier alpha value is -17.0. The molecule has 0 aliphatic rings. The summed E-state index contributed by atoms with van der Waals surface area (Å²) in [6.07, 6.45) is 7.55. The van der Waals surface area contributed by atoms with Gasteiger partial charge in [-0.2, -0.15) is 0 Å². The molecule has 0 unspecified atom stereocenters. The van der Waals surface area contributed by atoms with E-state index in [-0.39, 0.29) is 173 Å². The van der Waals surface area contributed by atoms with E-state index in [2.05, 4.69) is 115 Å². The van der Waals surface area contributed by atoms with Crippen molar-refractivity contribution in [3.8, 4) is 0 Å². The number of aromatic nitrogens is 5. The molecule has 10 aromatic rings. The van der Waals surface area contributed by atoms with Crippen molar-refractivity contribution in [3.05, 3.63) is 180 Å². The summed E-state index contributed by atoms with van der Waals surface area (Å²) in [7, 11) is 0. The molecule has 146 heavy (non-hydrogen) atoms. The van der Waals surface area contributed by atoms with E-state index in [4.69, 9.17) is 84.1 Å². The zero-order valence-electron chi connectivity index (χ0n) is 81.0. The van der Waals surface area contributed by atoms with Gasteiger partial charge in [0, 0.05) is 157 Å². The maximum absolute atomic E-state index is 16.1. The van der Waals surface area contributed by atoms with E-state index in [1.54, 1.807) is 73.4 Å². The smallest absolute Gasteiger partial charge is 0.243 e. The standard InChI is InChI=1S/C97H137N37O12/c98-36-12-11-30-69(125-83(138)71(32-15-39-115-94(105)106)127-85(140)73(34-17-41-117-96(109)110)129-86(141)74(35-18-42-118-97(111)112)128-84(139)72(33-16-40-116-95(107)108)126-82(137)70(31-14-38-114-93(103)104)124-81(136)63(99)24-13-37-113-92(101)102)87(142)131-77(45-55-50-121-66-27-8-3-21-60(55)66)89(144)133-79(47-57-52-123-68-29-10-5-23-62(57)68)91(146)134-78(46-56-51-122-67-28-9-4-22-61(56)67)90(145)132-76(44-54-49-120-65-26-7-2-20-59(54)65)88(143)130-75(80(100)135)43-53-48-119-64-25-6-1-19-58(53)64/h1-10,19-23,25-29,48-52,63,69-79,119-123H,11-18,24,30-47,98-99H2,(H2,100,135)(H,124,136)(H,125,138)(H,126,137)(H,127,140)(H,128,139)(H,129,141)(H,130,143)(H,131,142)(H,132,145)(H,133,144)(H,134,146)(H4,101,102,113)(H4,103,104,114)(H4,105,106,115)(H4,107,108,116)(H4,109,110,117)(H4,111,112,118)/t63-,69-,70-,71-,72-,73-,74-,75-,76-,77-,78-,79-/m0/s1. The first-order valence-corrected chi connectivity index (χ1v) is 48.4. The van der Waals surface area contributed by atoms with Gasteiger partial charge in [0.05, 0.1) is 6.04 Å². The van der Waals surface area contributed by atoms with Gasteiger partial charge in [-0.25, -0.2) is 0 Å². The number of hydrogen-bond acceptors (Lipinski definition) is 20. The van der Waals surface area contributed by atoms with Crippen LogP contribution in [-0.4, -0.2) is 250 Å². The van der Waals surface area contributed by atoms with Crippen LogP contribution in [0, 0.1) is 32.5 Å². The molecule has 782 valence electrons. The molecule has 0 spiro atoms. The van der Waals surface area contributed by atoms with Gasteiger partial charge < -0.3 is 167 Å². The number of rotatable bonds is 61. The van der Waals surface area contributed by atoms with E-state index in [1.165, 1.54) is 0 Å². The van der Waals surface area contributed by atoms with Crippen molar-refractivity contribution < 1.29 is 57.5 Å². The number of fused-ring (bicyclic) bond motifs is 5. The minimum absolute atomic E-state index is 0.00468. The van der Waals surface area contributed by atoms with Crippen LogP contribution in [0.25, 0.3) is 54.5 Å². The Balaban J connectivity index is 0.952. The van der Waals surface area contributed by atoms with Crippen molar-refractivity contribution in [2.45, 2.75) is 201 Å². The Bertz CT molecular complexity index is 6220. The predicted octanol–water partition coefficient (Wildman–Crippen LogP) is -2.54. The first-order valence-electron chi connectivity index (χ1n) is 48.4. The first-order chi connectivity index (χ1) is 70.1. The molecule has 0 radical (unpaired) electrons. The molecule has 0 aliphatic carbocycles. The topological polar surface area (TPSA) is 866 Å². The fourth-order valence-corrected chi connectivity index (χ4v) is 17.1. The van der Waals surface area contributed by atoms with Gasteiger partial charge >= 0.3 is 0 Å². The van der Waals surface area contributed by atoms with Crippen LogP contribution >= 0.6 is 0 Å². The number of H-pyrrole nitrogens is 5. The van der Waals surface area contributed by atoms with E-state index in [1.807, 2.05) is 78.9 Å². The SMILES string of the molecule is N=C(N)NCCC[C@H](NC(=O)[C@H](CCCNC(=N)N)NC(=O)[C@H](CCCNC(=N)N)NC(=O)[C@H](CCCNC(=N)N)NC(=O)[C@H](CCCNC(=N)N)NC(=O)[C@@H](N)CCCNC(=N)N)C(=O)N[C@@H](CCCCN)C(=O)N[C@@H](Cc1c[nH]c2ccccc12)C(=O)N[C@@H](Cc1c[nH]c2ccccc12)C(=O)N[C@@H](Cc1c[nH]c2ccccc12)C(=O)N[C@@H](Cc1c[nH]c2ccccc12)C(=O)N[C@@H](Cc1c[nH]c2ccccc12)C(N)=O. The van der Waals surface area contributed by atoms with E-state index < -0.39 is 167 Å². The molecule has 0 saturated heterocycles. The maximum atomic E-state index is 16.1. The van der Waals surface area contributed by atoms with E-state index in [0.717, 1.165) is 21.8 Å². The molecule has 49 heteroatoms. The van der Waals surface area contributed by atoms with Crippen LogP contribution in [0.1, 0.15) is 124 Å². The van der Waals surface area contributed by atoms with Crippen molar-refractivity contribution in [1.82, 2.24) is 115 Å². The number of benzene rings is 5. The number of primary amides is 1. The molecule has 5 aromatic heterocycles. The highest BCUT2D eigenvalue weighted by molar-refractivity contribution is 6.02. The fraction of sp³-hybridized carbons (Fsp3) is 0.402. The number of carbonyl (C=O) groups excluding carboxylic acids is 12. The van der Waals surface area contributed by atoms with Crippen molar-refractivity contribution >= 4 is 161 Å². The van der Waals surface area contributed by atoms with Crippen LogP contribution in [0.2, 0.25) is 0 Å². The Morgan fingerprint density at radius 1 is 0.233 bits per heavy atom. The Morgan fingerprint density at radius 2 is 0.411 bits per heavy atom. The van der Waals surface area contributed by atoms with E-state index >= 15 is 38.4 Å². The van der Waals surface area contributed by atoms with Crippen molar-refractivity contribution in [3.63, 3.8) is 0 Å². The number of amides is 12. The second kappa shape index (κ2) is 56.0. The fourth-order valence-electron chi connectivity index (χ4n) is 17.1. The molecule has 5 aromatic carbocycles. The highest BCUT2D eigenvalue weighted by atomic mass is 16.2. The van der Waals surface area contributed by atoms with Crippen molar-refractivity contribution in [2.75, 3.05) is 45.8 Å². The van der Waals surface area contributed by atoms with Gasteiger partial charge in [-0.3, -0.25) is 90.0 Å². The summed E-state index contributed by atoms with van der Waals surface area (Å²) in [5.74, 6) is -13.2. The van der Waals surface area contributed by atoms with Gasteiger partial charge in [-0.05, 0) is 161 Å². The van der Waals surface area contributed by atoms with Crippen molar-refractivity contribution in [1.29, 1.82) is 32.5 Å². The Kier molecular flexibility index (Phi) is 42.6. The zero-order chi connectivity index (χ0) is 105. The molecule has 0 fully saturated rings. The van der Waals surface area contributed by atoms with Crippen LogP contribution in [0.3, 0.4) is 0 Å². The molecular formula is C97H137N37O12. The summed E-state index contributed by atoms with van der Waals surface area (Å²) in [5.41, 5.74) is 58.5. The largest absolute Gasteiger partial charge is 0.370 e. The number of hydrogen-bond donors (Lipinski definition) is 37. The molecule has 0 bridgehead atoms. The summed E-state index contributed by atoms with van der Waals surface area (Å²) in [6, 6.07) is 18.5. The monoisotopic (exact) mass is 2010 g/mol. The van der Waals surface area contributed by atoms with Gasteiger partial charge in [0.15, 0.2) is 35.8 Å². The number of nitrogens with one attached hydrogen (secondary N) is 28. The first kappa shape index (κ1) is 111. The summed E-state index contributed by atoms with van der Waals surface area (Å²) in [5, 5.41) is 96.9. The number of unbranched alkanes of at least 4 members (excludes halogenated alkanes) is 1. The van der Waals surface area contributed by atoms with Crippen molar-refractivity contribution in [2.24, 2.45) is 51.6 Å². The average Bonchev–Trinajstić information content (AvgIpc) is 1.74. The van der Waals surface area contributed by atoms with Gasteiger partial charge in [0.2, 0.25) is 70.9 Å². The minimum Gasteiger partial charge on any atom is -0.370 e. The summed E-state index contributed by atoms with van der Waals surface area (Å²) >= 11 is 0. The number of guanidine groups is 6. The highest BCUT2D eigenvalue weighted by Crippen LogP contribution is 2.27. The maximum Gasteiger partial charge on any atom is 0.243 e. The third-order valence-electron chi connectivity index (χ3n) is 24.7. The third kappa shape index (κ3) is 34.4. The molecule has 0 aliphatic heterocycles. The second-order valence-corrected chi connectivity index (χ2v) is 35.7. The second-order valence-electron chi connectivity index (χ2n) is 35.7. The number of nitrogens with two attached hydrogens (primary N) is 9. The lowest BCUT2D eigenvalue weighted by Gasteiger charge is -2.29. The average molecular weight is 2010 g/mol. The van der Waals surface area contributed by atoms with Crippen LogP contribution < -0.4 is 142 Å². The van der Waals surface area contributed by atoms with Crippen LogP contribution in [0.4, 0.5) is 0 Å². The van der Waals surface area contributed by atoms with Crippen LogP contribution in [0.5, 0.6) is 0 Å². The molecule has 49 nitrogen and oxygen atoms in total. The summed E-state index contributed by atoms with van der Waals surface area (Å²) in [6.45, 7) is 0.329. The predicted molar refractivity (Wildman–Crippen MR) is 556 cm³/mol. The molecule has 10 rings (SSSR count). The third-order valence-corrected chi connectivity index (χ3v) is 24.7. The quantitative estimate of drug-likeness (QED) is 0.0106. The molecule has 0 saturated carbocycles. The van der Waals surface area contributed by atoms with Gasteiger partial charge in [-0.1, -0.05) is 91.0 Å². The normalized spacial score (nSPS) is 13.7. The number of para-hydroxylation sites is 5. The van der Waals surface area contributed by atoms with Gasteiger partial charge in [0.25, 0.3) is 0 Å². The number of aromatic amines is 5. The lowest BCUT2D eigenvalue weighted by molar-refractivity contribution is -0.136. The molecule has 12 amide bonds. The Labute approximate surface area is 840 Å². The van der Waals surface area contributed by atoms with E-state index in [0.29, 0.717) is 73.4 Å². The van der Waals surface area contributed by atoms with Gasteiger partial charge in [-0.15, -0.1) is 0 Å². The molecule has 5 heterocycles. The lowest BCUT2D eigenvalue weighted by Crippen LogP contribution is -2.61. The summed E-state index contributed by atoms with van der Waals surface area (Å²) in [4.78, 5) is 198. The molecule has 12 atom stereocenters. The van der Waals surface area contributed by atoms with Gasteiger partial charge in [0.1, 0.15) is 66.5 Å². The minimum atomic E-state index is -1.62. The molecule has 46 N–H and O–H groups in total. The Morgan fingerprint density at radius 3 is 0.623 bits per heavy atom. The van der Waals surface area contributed by atoms with Crippen LogP contribution in [-0.2, 0) is 89.6 Å². The zero-order valence-corrected chi connectivity index (χ0v) is 81.0. The highest BCUT2D eigenvalue weighted by Gasteiger charge is 2.39. The summed E-state index contributed by atoms with van der Waals surface area (Å²) < 4.78 is 0. The van der Waals surface area contributed by atoms with E-state index in [9.17, 15) is 19.2 Å². The molecular weight excluding hydrogens is 1880 g/mol. The van der Waals surface area contributed by atoms with Crippen LogP contribution in [0.15, 0.2) is 152 Å².